The van der Waals surface area contributed by atoms with Gasteiger partial charge in [0.1, 0.15) is 13.2 Å². The Balaban J connectivity index is 1.51. The number of methoxy groups -OCH3 is 1. The maximum Gasteiger partial charge on any atom is 0.338 e. The van der Waals surface area contributed by atoms with Gasteiger partial charge in [-0.1, -0.05) is 25.1 Å². The molecule has 1 aromatic heterocycles. The van der Waals surface area contributed by atoms with Crippen molar-refractivity contribution in [2.24, 2.45) is 0 Å². The van der Waals surface area contributed by atoms with Gasteiger partial charge in [-0.25, -0.2) is 4.79 Å². The minimum absolute atomic E-state index is 0.228. The number of carbonyl (C=O) groups is 2. The number of hydrogen-bond acceptors (Lipinski definition) is 6. The summed E-state index contributed by atoms with van der Waals surface area (Å²) in [5.74, 6) is 0.337. The van der Waals surface area contributed by atoms with Crippen molar-refractivity contribution in [2.45, 2.75) is 13.3 Å². The molecule has 0 fully saturated rings. The van der Waals surface area contributed by atoms with Crippen LogP contribution in [0.3, 0.4) is 0 Å². The van der Waals surface area contributed by atoms with Crippen LogP contribution in [0.15, 0.2) is 36.5 Å². The van der Waals surface area contributed by atoms with Crippen LogP contribution in [0.1, 0.15) is 33.2 Å². The Hall–Kier alpha value is -3.48. The van der Waals surface area contributed by atoms with E-state index in [-0.39, 0.29) is 18.0 Å². The maximum absolute atomic E-state index is 12.6. The van der Waals surface area contributed by atoms with Crippen molar-refractivity contribution < 1.29 is 28.5 Å². The Labute approximate surface area is 167 Å². The number of ketones is 1. The van der Waals surface area contributed by atoms with Crippen LogP contribution < -0.4 is 14.2 Å². The van der Waals surface area contributed by atoms with Crippen LogP contribution in [0, 0.1) is 0 Å². The highest BCUT2D eigenvalue weighted by Crippen LogP contribution is 2.40. The lowest BCUT2D eigenvalue weighted by Gasteiger charge is -2.21. The molecule has 0 saturated heterocycles. The van der Waals surface area contributed by atoms with Crippen molar-refractivity contribution in [3.05, 3.63) is 53.2 Å². The van der Waals surface area contributed by atoms with E-state index in [2.05, 4.69) is 11.9 Å². The molecule has 150 valence electrons. The van der Waals surface area contributed by atoms with Gasteiger partial charge in [-0.15, -0.1) is 0 Å². The first-order chi connectivity index (χ1) is 14.1. The number of benzene rings is 2. The zero-order chi connectivity index (χ0) is 20.4. The van der Waals surface area contributed by atoms with E-state index in [1.54, 1.807) is 6.20 Å². The number of carbonyl (C=O) groups excluding carboxylic acids is 2. The Morgan fingerprint density at radius 2 is 2.00 bits per heavy atom. The molecule has 3 aromatic rings. The standard InChI is InChI=1S/C22H21NO6/c1-3-13-5-4-6-15-16(11-23-20(13)15)17(24)12-29-22(25)14-9-18(26-2)21-19(10-14)27-7-8-28-21/h4-6,9-11,23H,3,7-8,12H2,1-2H3. The van der Waals surface area contributed by atoms with E-state index in [0.717, 1.165) is 22.9 Å². The third-order valence-corrected chi connectivity index (χ3v) is 4.88. The average molecular weight is 395 g/mol. The number of esters is 1. The van der Waals surface area contributed by atoms with Crippen LogP contribution in [0.5, 0.6) is 17.2 Å². The molecule has 7 nitrogen and oxygen atoms in total. The predicted octanol–water partition coefficient (Wildman–Crippen LogP) is 3.55. The second kappa shape index (κ2) is 7.87. The first-order valence-corrected chi connectivity index (χ1v) is 9.39. The molecule has 0 unspecified atom stereocenters. The molecule has 29 heavy (non-hydrogen) atoms. The number of aryl methyl sites for hydroxylation is 1. The quantitative estimate of drug-likeness (QED) is 0.507. The maximum atomic E-state index is 12.6. The summed E-state index contributed by atoms with van der Waals surface area (Å²) in [5.41, 5.74) is 2.79. The fourth-order valence-electron chi connectivity index (χ4n) is 3.43. The molecule has 0 spiro atoms. The third kappa shape index (κ3) is 3.51. The lowest BCUT2D eigenvalue weighted by atomic mass is 10.1. The number of hydrogen-bond donors (Lipinski definition) is 1. The highest BCUT2D eigenvalue weighted by molar-refractivity contribution is 6.09. The second-order valence-corrected chi connectivity index (χ2v) is 6.60. The number of ether oxygens (including phenoxy) is 4. The minimum Gasteiger partial charge on any atom is -0.493 e. The van der Waals surface area contributed by atoms with E-state index in [4.69, 9.17) is 18.9 Å². The summed E-state index contributed by atoms with van der Waals surface area (Å²) in [6.45, 7) is 2.48. The zero-order valence-corrected chi connectivity index (χ0v) is 16.2. The van der Waals surface area contributed by atoms with Crippen molar-refractivity contribution >= 4 is 22.7 Å². The van der Waals surface area contributed by atoms with Crippen molar-refractivity contribution in [2.75, 3.05) is 26.9 Å². The van der Waals surface area contributed by atoms with Gasteiger partial charge in [0.25, 0.3) is 0 Å². The lowest BCUT2D eigenvalue weighted by molar-refractivity contribution is 0.0474. The SMILES string of the molecule is CCc1cccc2c(C(=O)COC(=O)c3cc(OC)c4c(c3)OCCO4)c[nH]c12. The predicted molar refractivity (Wildman–Crippen MR) is 106 cm³/mol. The molecule has 0 atom stereocenters. The van der Waals surface area contributed by atoms with E-state index < -0.39 is 5.97 Å². The van der Waals surface area contributed by atoms with Gasteiger partial charge in [0, 0.05) is 22.7 Å². The van der Waals surface area contributed by atoms with Crippen LogP contribution >= 0.6 is 0 Å². The number of fused-ring (bicyclic) bond motifs is 2. The Morgan fingerprint density at radius 3 is 2.79 bits per heavy atom. The van der Waals surface area contributed by atoms with E-state index in [0.29, 0.717) is 36.0 Å². The van der Waals surface area contributed by atoms with E-state index in [1.165, 1.54) is 19.2 Å². The third-order valence-electron chi connectivity index (χ3n) is 4.88. The normalized spacial score (nSPS) is 12.6. The number of rotatable bonds is 6. The van der Waals surface area contributed by atoms with E-state index in [1.807, 2.05) is 18.2 Å². The van der Waals surface area contributed by atoms with Crippen molar-refractivity contribution in [1.82, 2.24) is 4.98 Å². The molecule has 7 heteroatoms. The monoisotopic (exact) mass is 395 g/mol. The van der Waals surface area contributed by atoms with E-state index in [9.17, 15) is 9.59 Å². The summed E-state index contributed by atoms with van der Waals surface area (Å²) in [6, 6.07) is 8.86. The van der Waals surface area contributed by atoms with Gasteiger partial charge in [-0.2, -0.15) is 0 Å². The lowest BCUT2D eigenvalue weighted by Crippen LogP contribution is -2.18. The molecule has 0 radical (unpaired) electrons. The summed E-state index contributed by atoms with van der Waals surface area (Å²) in [6.07, 6.45) is 2.51. The molecule has 2 heterocycles. The summed E-state index contributed by atoms with van der Waals surface area (Å²) < 4.78 is 21.6. The Kier molecular flexibility index (Phi) is 5.12. The first-order valence-electron chi connectivity index (χ1n) is 9.39. The van der Waals surface area contributed by atoms with Crippen molar-refractivity contribution in [3.63, 3.8) is 0 Å². The minimum atomic E-state index is -0.636. The summed E-state index contributed by atoms with van der Waals surface area (Å²) in [5, 5.41) is 0.825. The molecule has 1 N–H and O–H groups in total. The van der Waals surface area contributed by atoms with Gasteiger partial charge >= 0.3 is 5.97 Å². The zero-order valence-electron chi connectivity index (χ0n) is 16.2. The summed E-state index contributed by atoms with van der Waals surface area (Å²) in [4.78, 5) is 28.3. The highest BCUT2D eigenvalue weighted by Gasteiger charge is 2.22. The van der Waals surface area contributed by atoms with E-state index >= 15 is 0 Å². The number of aromatic amines is 1. The summed E-state index contributed by atoms with van der Waals surface area (Å²) >= 11 is 0. The summed E-state index contributed by atoms with van der Waals surface area (Å²) in [7, 11) is 1.48. The van der Waals surface area contributed by atoms with Crippen molar-refractivity contribution in [3.8, 4) is 17.2 Å². The molecule has 1 aliphatic rings. The fourth-order valence-corrected chi connectivity index (χ4v) is 3.43. The van der Waals surface area contributed by atoms with Gasteiger partial charge in [0.2, 0.25) is 11.5 Å². The van der Waals surface area contributed by atoms with Crippen LogP contribution in [-0.2, 0) is 11.2 Å². The Bertz CT molecular complexity index is 1070. The highest BCUT2D eigenvalue weighted by atomic mass is 16.6. The van der Waals surface area contributed by atoms with Crippen molar-refractivity contribution in [1.29, 1.82) is 0 Å². The Morgan fingerprint density at radius 1 is 1.17 bits per heavy atom. The van der Waals surface area contributed by atoms with Gasteiger partial charge < -0.3 is 23.9 Å². The average Bonchev–Trinajstić information content (AvgIpc) is 3.20. The van der Waals surface area contributed by atoms with Gasteiger partial charge in [-0.05, 0) is 24.1 Å². The number of Topliss-reactive ketones (excluding diaryl/α,β-unsaturated/α-hetero) is 1. The molecule has 0 saturated carbocycles. The van der Waals surface area contributed by atoms with Crippen LogP contribution in [0.2, 0.25) is 0 Å². The largest absolute Gasteiger partial charge is 0.493 e. The fraction of sp³-hybridized carbons (Fsp3) is 0.273. The van der Waals surface area contributed by atoms with Crippen LogP contribution in [0.4, 0.5) is 0 Å². The number of para-hydroxylation sites is 1. The topological polar surface area (TPSA) is 86.9 Å². The van der Waals surface area contributed by atoms with Gasteiger partial charge in [-0.3, -0.25) is 4.79 Å². The molecule has 1 aliphatic heterocycles. The number of nitrogens with one attached hydrogen (secondary N) is 1. The second-order valence-electron chi connectivity index (χ2n) is 6.60. The number of aromatic nitrogens is 1. The molecule has 0 bridgehead atoms. The van der Waals surface area contributed by atoms with Crippen LogP contribution in [0.25, 0.3) is 10.9 Å². The molecular formula is C22H21NO6. The van der Waals surface area contributed by atoms with Gasteiger partial charge in [0.15, 0.2) is 18.1 Å². The molecule has 0 amide bonds. The molecule has 2 aromatic carbocycles. The smallest absolute Gasteiger partial charge is 0.338 e. The number of H-pyrrole nitrogens is 1. The van der Waals surface area contributed by atoms with Gasteiger partial charge in [0.05, 0.1) is 12.7 Å². The van der Waals surface area contributed by atoms with Crippen LogP contribution in [-0.4, -0.2) is 43.7 Å². The first kappa shape index (κ1) is 18.9. The molecule has 4 rings (SSSR count). The molecular weight excluding hydrogens is 374 g/mol. The molecule has 0 aliphatic carbocycles.